The van der Waals surface area contributed by atoms with Crippen LogP contribution in [0.3, 0.4) is 0 Å². The van der Waals surface area contributed by atoms with Gasteiger partial charge in [-0.1, -0.05) is 0 Å². The van der Waals surface area contributed by atoms with Crippen molar-refractivity contribution >= 4 is 11.9 Å². The van der Waals surface area contributed by atoms with Crippen LogP contribution >= 0.6 is 0 Å². The van der Waals surface area contributed by atoms with Gasteiger partial charge in [-0.05, 0) is 44.0 Å². The first-order valence-electron chi connectivity index (χ1n) is 8.29. The van der Waals surface area contributed by atoms with Crippen molar-refractivity contribution in [2.24, 2.45) is 4.99 Å². The standard InChI is InChI=1S/C17H26N4O3/c1-3-18-17(20-12-16(22)21-13-4-5-13)19-10-11-24-15-8-6-14(23-2)7-9-15/h6-9,13H,3-5,10-12H2,1-2H3,(H,21,22)(H2,18,19,20). The van der Waals surface area contributed by atoms with Crippen LogP contribution in [0, 0.1) is 0 Å². The van der Waals surface area contributed by atoms with Crippen molar-refractivity contribution in [3.63, 3.8) is 0 Å². The van der Waals surface area contributed by atoms with Crippen LogP contribution in [-0.4, -0.2) is 51.3 Å². The highest BCUT2D eigenvalue weighted by Crippen LogP contribution is 2.18. The van der Waals surface area contributed by atoms with E-state index in [0.717, 1.165) is 30.9 Å². The maximum Gasteiger partial charge on any atom is 0.242 e. The molecule has 1 aliphatic rings. The lowest BCUT2D eigenvalue weighted by Crippen LogP contribution is -2.40. The van der Waals surface area contributed by atoms with Gasteiger partial charge in [0.2, 0.25) is 5.91 Å². The second-order valence-corrected chi connectivity index (χ2v) is 5.49. The summed E-state index contributed by atoms with van der Waals surface area (Å²) < 4.78 is 10.7. The maximum atomic E-state index is 11.7. The average Bonchev–Trinajstić information content (AvgIpc) is 3.41. The summed E-state index contributed by atoms with van der Waals surface area (Å²) in [5.74, 6) is 2.15. The smallest absolute Gasteiger partial charge is 0.242 e. The van der Waals surface area contributed by atoms with Gasteiger partial charge in [-0.25, -0.2) is 4.99 Å². The minimum atomic E-state index is -0.0378. The summed E-state index contributed by atoms with van der Waals surface area (Å²) in [6.07, 6.45) is 2.16. The number of hydrogen-bond acceptors (Lipinski definition) is 4. The van der Waals surface area contributed by atoms with E-state index in [4.69, 9.17) is 9.47 Å². The zero-order chi connectivity index (χ0) is 17.2. The molecule has 7 heteroatoms. The van der Waals surface area contributed by atoms with Gasteiger partial charge in [0.05, 0.1) is 13.7 Å². The lowest BCUT2D eigenvalue weighted by molar-refractivity contribution is -0.119. The van der Waals surface area contributed by atoms with Crippen LogP contribution < -0.4 is 25.4 Å². The van der Waals surface area contributed by atoms with E-state index >= 15 is 0 Å². The molecule has 0 radical (unpaired) electrons. The fourth-order valence-corrected chi connectivity index (χ4v) is 2.00. The normalized spacial score (nSPS) is 14.0. The van der Waals surface area contributed by atoms with Crippen molar-refractivity contribution in [1.82, 2.24) is 16.0 Å². The molecular formula is C17H26N4O3. The minimum Gasteiger partial charge on any atom is -0.497 e. The Hall–Kier alpha value is -2.44. The van der Waals surface area contributed by atoms with E-state index in [1.54, 1.807) is 7.11 Å². The van der Waals surface area contributed by atoms with Crippen molar-refractivity contribution in [1.29, 1.82) is 0 Å². The van der Waals surface area contributed by atoms with Gasteiger partial charge in [0.25, 0.3) is 0 Å². The second-order valence-electron chi connectivity index (χ2n) is 5.49. The van der Waals surface area contributed by atoms with Gasteiger partial charge in [-0.15, -0.1) is 0 Å². The number of carbonyl (C=O) groups excluding carboxylic acids is 1. The van der Waals surface area contributed by atoms with Crippen molar-refractivity contribution in [2.45, 2.75) is 25.8 Å². The number of ether oxygens (including phenoxy) is 2. The predicted molar refractivity (Wildman–Crippen MR) is 93.6 cm³/mol. The third-order valence-corrected chi connectivity index (χ3v) is 3.39. The SMILES string of the molecule is CCNC(=NCC(=O)NC1CC1)NCCOc1ccc(OC)cc1. The summed E-state index contributed by atoms with van der Waals surface area (Å²) >= 11 is 0. The van der Waals surface area contributed by atoms with E-state index < -0.39 is 0 Å². The molecule has 132 valence electrons. The summed E-state index contributed by atoms with van der Waals surface area (Å²) in [5, 5.41) is 9.17. The molecule has 1 aromatic carbocycles. The molecule has 0 atom stereocenters. The number of rotatable bonds is 9. The Kier molecular flexibility index (Phi) is 7.20. The Morgan fingerprint density at radius 2 is 1.92 bits per heavy atom. The predicted octanol–water partition coefficient (Wildman–Crippen LogP) is 0.908. The highest BCUT2D eigenvalue weighted by molar-refractivity contribution is 5.85. The van der Waals surface area contributed by atoms with Crippen LogP contribution in [0.25, 0.3) is 0 Å². The third-order valence-electron chi connectivity index (χ3n) is 3.39. The number of carbonyl (C=O) groups is 1. The zero-order valence-electron chi connectivity index (χ0n) is 14.3. The Labute approximate surface area is 142 Å². The molecule has 1 saturated carbocycles. The topological polar surface area (TPSA) is 84.0 Å². The van der Waals surface area contributed by atoms with Crippen LogP contribution in [0.15, 0.2) is 29.3 Å². The Morgan fingerprint density at radius 1 is 1.21 bits per heavy atom. The van der Waals surface area contributed by atoms with Crippen LogP contribution in [0.2, 0.25) is 0 Å². The van der Waals surface area contributed by atoms with Gasteiger partial charge in [0.15, 0.2) is 5.96 Å². The molecule has 7 nitrogen and oxygen atoms in total. The zero-order valence-corrected chi connectivity index (χ0v) is 14.3. The lowest BCUT2D eigenvalue weighted by Gasteiger charge is -2.12. The van der Waals surface area contributed by atoms with Crippen molar-refractivity contribution in [3.05, 3.63) is 24.3 Å². The number of aliphatic imine (C=N–C) groups is 1. The van der Waals surface area contributed by atoms with Crippen LogP contribution in [0.5, 0.6) is 11.5 Å². The number of hydrogen-bond donors (Lipinski definition) is 3. The molecular weight excluding hydrogens is 308 g/mol. The third kappa shape index (κ3) is 6.76. The summed E-state index contributed by atoms with van der Waals surface area (Å²) in [4.78, 5) is 15.9. The molecule has 2 rings (SSSR count). The first kappa shape index (κ1) is 17.9. The summed E-state index contributed by atoms with van der Waals surface area (Å²) in [7, 11) is 1.63. The second kappa shape index (κ2) is 9.64. The highest BCUT2D eigenvalue weighted by atomic mass is 16.5. The first-order chi connectivity index (χ1) is 11.7. The number of methoxy groups -OCH3 is 1. The number of nitrogens with zero attached hydrogens (tertiary/aromatic N) is 1. The van der Waals surface area contributed by atoms with Crippen LogP contribution in [0.1, 0.15) is 19.8 Å². The molecule has 0 spiro atoms. The Balaban J connectivity index is 1.68. The minimum absolute atomic E-state index is 0.0378. The number of guanidine groups is 1. The molecule has 0 aliphatic heterocycles. The quantitative estimate of drug-likeness (QED) is 0.355. The molecule has 0 aromatic heterocycles. The largest absolute Gasteiger partial charge is 0.497 e. The number of nitrogens with one attached hydrogen (secondary N) is 3. The molecule has 1 aliphatic carbocycles. The molecule has 3 N–H and O–H groups in total. The van der Waals surface area contributed by atoms with Gasteiger partial charge in [-0.2, -0.15) is 0 Å². The van der Waals surface area contributed by atoms with E-state index in [2.05, 4.69) is 20.9 Å². The van der Waals surface area contributed by atoms with Crippen LogP contribution in [0.4, 0.5) is 0 Å². The Morgan fingerprint density at radius 3 is 2.54 bits per heavy atom. The molecule has 24 heavy (non-hydrogen) atoms. The van der Waals surface area contributed by atoms with E-state index in [1.807, 2.05) is 31.2 Å². The van der Waals surface area contributed by atoms with E-state index in [9.17, 15) is 4.79 Å². The van der Waals surface area contributed by atoms with Gasteiger partial charge >= 0.3 is 0 Å². The van der Waals surface area contributed by atoms with Gasteiger partial charge in [0.1, 0.15) is 24.7 Å². The van der Waals surface area contributed by atoms with Gasteiger partial charge < -0.3 is 25.4 Å². The van der Waals surface area contributed by atoms with Crippen molar-refractivity contribution in [3.8, 4) is 11.5 Å². The van der Waals surface area contributed by atoms with E-state index in [-0.39, 0.29) is 12.5 Å². The Bertz CT molecular complexity index is 541. The molecule has 0 unspecified atom stereocenters. The molecule has 1 amide bonds. The first-order valence-corrected chi connectivity index (χ1v) is 8.29. The van der Waals surface area contributed by atoms with Crippen molar-refractivity contribution < 1.29 is 14.3 Å². The average molecular weight is 334 g/mol. The van der Waals surface area contributed by atoms with Gasteiger partial charge in [-0.3, -0.25) is 4.79 Å². The molecule has 1 fully saturated rings. The summed E-state index contributed by atoms with van der Waals surface area (Å²) in [6, 6.07) is 7.79. The maximum absolute atomic E-state index is 11.7. The van der Waals surface area contributed by atoms with Crippen molar-refractivity contribution in [2.75, 3.05) is 33.4 Å². The van der Waals surface area contributed by atoms with Gasteiger partial charge in [0, 0.05) is 12.6 Å². The fraction of sp³-hybridized carbons (Fsp3) is 0.529. The molecule has 0 saturated heterocycles. The number of amides is 1. The van der Waals surface area contributed by atoms with E-state index in [1.165, 1.54) is 0 Å². The monoisotopic (exact) mass is 334 g/mol. The molecule has 0 bridgehead atoms. The number of benzene rings is 1. The van der Waals surface area contributed by atoms with Crippen LogP contribution in [-0.2, 0) is 4.79 Å². The highest BCUT2D eigenvalue weighted by Gasteiger charge is 2.22. The van der Waals surface area contributed by atoms with E-state index in [0.29, 0.717) is 25.2 Å². The molecule has 1 aromatic rings. The summed E-state index contributed by atoms with van der Waals surface area (Å²) in [5.41, 5.74) is 0. The fourth-order valence-electron chi connectivity index (χ4n) is 2.00. The lowest BCUT2D eigenvalue weighted by atomic mass is 10.3. The summed E-state index contributed by atoms with van der Waals surface area (Å²) in [6.45, 7) is 3.92. The molecule has 0 heterocycles.